The lowest BCUT2D eigenvalue weighted by Gasteiger charge is -2.29. The van der Waals surface area contributed by atoms with Crippen LogP contribution in [-0.4, -0.2) is 40.7 Å². The number of aliphatic hydroxyl groups excluding tert-OH is 3. The van der Waals surface area contributed by atoms with Crippen LogP contribution in [0, 0.1) is 5.82 Å². The van der Waals surface area contributed by atoms with E-state index in [0.29, 0.717) is 10.6 Å². The number of aliphatic hydroxyl groups is 3. The highest BCUT2D eigenvalue weighted by molar-refractivity contribution is 6.31. The zero-order valence-corrected chi connectivity index (χ0v) is 9.91. The molecule has 1 aromatic rings. The van der Waals surface area contributed by atoms with E-state index in [1.807, 2.05) is 0 Å². The number of hydrogen-bond acceptors (Lipinski definition) is 4. The van der Waals surface area contributed by atoms with Crippen molar-refractivity contribution >= 4 is 11.6 Å². The largest absolute Gasteiger partial charge is 0.394 e. The maximum atomic E-state index is 13.0. The quantitative estimate of drug-likeness (QED) is 0.595. The molecule has 0 unspecified atom stereocenters. The molecule has 0 atom stereocenters. The van der Waals surface area contributed by atoms with Gasteiger partial charge in [-0.15, -0.1) is 0 Å². The van der Waals surface area contributed by atoms with Gasteiger partial charge in [0.15, 0.2) is 0 Å². The first kappa shape index (κ1) is 14.3. The highest BCUT2D eigenvalue weighted by Gasteiger charge is 2.27. The van der Waals surface area contributed by atoms with Crippen molar-refractivity contribution in [2.75, 3.05) is 19.8 Å². The lowest BCUT2D eigenvalue weighted by Crippen LogP contribution is -2.54. The Morgan fingerprint density at radius 3 is 2.29 bits per heavy atom. The molecule has 17 heavy (non-hydrogen) atoms. The Hall–Kier alpha value is -0.720. The highest BCUT2D eigenvalue weighted by Crippen LogP contribution is 2.17. The summed E-state index contributed by atoms with van der Waals surface area (Å²) < 4.78 is 13.0. The van der Waals surface area contributed by atoms with E-state index in [2.05, 4.69) is 5.32 Å². The summed E-state index contributed by atoms with van der Waals surface area (Å²) >= 11 is 5.86. The Morgan fingerprint density at radius 2 is 1.76 bits per heavy atom. The van der Waals surface area contributed by atoms with Crippen LogP contribution in [0.15, 0.2) is 18.2 Å². The summed E-state index contributed by atoms with van der Waals surface area (Å²) in [6, 6.07) is 3.92. The van der Waals surface area contributed by atoms with Crippen LogP contribution in [0.25, 0.3) is 0 Å². The molecule has 0 bridgehead atoms. The van der Waals surface area contributed by atoms with Crippen LogP contribution in [0.4, 0.5) is 4.39 Å². The van der Waals surface area contributed by atoms with Gasteiger partial charge in [0.2, 0.25) is 0 Å². The summed E-state index contributed by atoms with van der Waals surface area (Å²) in [6.07, 6.45) is 0. The molecule has 0 aliphatic carbocycles. The van der Waals surface area contributed by atoms with Gasteiger partial charge in [-0.05, 0) is 23.8 Å². The van der Waals surface area contributed by atoms with E-state index < -0.39 is 31.2 Å². The highest BCUT2D eigenvalue weighted by atomic mass is 35.5. The van der Waals surface area contributed by atoms with Gasteiger partial charge < -0.3 is 20.6 Å². The molecule has 0 fully saturated rings. The standard InChI is InChI=1S/C11H15ClFNO3/c12-10-2-1-9(13)3-8(10)4-14-11(5-15,6-16)7-17/h1-3,14-17H,4-7H2. The molecule has 0 heterocycles. The van der Waals surface area contributed by atoms with Crippen molar-refractivity contribution in [3.05, 3.63) is 34.6 Å². The first-order valence-corrected chi connectivity index (χ1v) is 5.46. The maximum Gasteiger partial charge on any atom is 0.123 e. The molecule has 4 nitrogen and oxygen atoms in total. The molecule has 0 aliphatic heterocycles. The lowest BCUT2D eigenvalue weighted by molar-refractivity contribution is 0.0414. The zero-order chi connectivity index (χ0) is 12.9. The van der Waals surface area contributed by atoms with Crippen molar-refractivity contribution in [1.29, 1.82) is 0 Å². The van der Waals surface area contributed by atoms with Gasteiger partial charge in [-0.2, -0.15) is 0 Å². The van der Waals surface area contributed by atoms with Crippen molar-refractivity contribution < 1.29 is 19.7 Å². The van der Waals surface area contributed by atoms with Gasteiger partial charge in [-0.1, -0.05) is 11.6 Å². The molecule has 0 aromatic heterocycles. The van der Waals surface area contributed by atoms with Crippen LogP contribution in [-0.2, 0) is 6.54 Å². The third-order valence-electron chi connectivity index (χ3n) is 2.57. The zero-order valence-electron chi connectivity index (χ0n) is 9.16. The summed E-state index contributed by atoms with van der Waals surface area (Å²) in [4.78, 5) is 0. The minimum absolute atomic E-state index is 0.137. The van der Waals surface area contributed by atoms with Gasteiger partial charge in [-0.3, -0.25) is 0 Å². The molecule has 4 N–H and O–H groups in total. The van der Waals surface area contributed by atoms with Crippen LogP contribution in [0.1, 0.15) is 5.56 Å². The average molecular weight is 264 g/mol. The molecule has 0 saturated heterocycles. The second kappa shape index (κ2) is 6.28. The van der Waals surface area contributed by atoms with Gasteiger partial charge in [0, 0.05) is 11.6 Å². The second-order valence-electron chi connectivity index (χ2n) is 3.84. The Bertz CT molecular complexity index is 363. The monoisotopic (exact) mass is 263 g/mol. The topological polar surface area (TPSA) is 72.7 Å². The smallest absolute Gasteiger partial charge is 0.123 e. The Balaban J connectivity index is 2.75. The number of hydrogen-bond donors (Lipinski definition) is 4. The predicted octanol–water partition coefficient (Wildman–Crippen LogP) is 0.284. The Kier molecular flexibility index (Phi) is 5.30. The van der Waals surface area contributed by atoms with Crippen molar-refractivity contribution in [1.82, 2.24) is 5.32 Å². The molecule has 0 saturated carbocycles. The number of nitrogens with one attached hydrogen (secondary N) is 1. The van der Waals surface area contributed by atoms with Crippen LogP contribution in [0.2, 0.25) is 5.02 Å². The van der Waals surface area contributed by atoms with Crippen molar-refractivity contribution in [2.45, 2.75) is 12.1 Å². The normalized spacial score (nSPS) is 11.8. The fourth-order valence-electron chi connectivity index (χ4n) is 1.28. The second-order valence-corrected chi connectivity index (χ2v) is 4.25. The van der Waals surface area contributed by atoms with Gasteiger partial charge in [0.25, 0.3) is 0 Å². The van der Waals surface area contributed by atoms with Crippen molar-refractivity contribution in [3.63, 3.8) is 0 Å². The van der Waals surface area contributed by atoms with Crippen LogP contribution in [0.5, 0.6) is 0 Å². The van der Waals surface area contributed by atoms with Crippen LogP contribution >= 0.6 is 11.6 Å². The van der Waals surface area contributed by atoms with Crippen LogP contribution in [0.3, 0.4) is 0 Å². The van der Waals surface area contributed by atoms with Crippen molar-refractivity contribution in [2.24, 2.45) is 0 Å². The summed E-state index contributed by atoms with van der Waals surface area (Å²) in [7, 11) is 0. The summed E-state index contributed by atoms with van der Waals surface area (Å²) in [5, 5.41) is 30.4. The van der Waals surface area contributed by atoms with E-state index in [1.54, 1.807) is 0 Å². The average Bonchev–Trinajstić information content (AvgIpc) is 2.35. The molecule has 0 spiro atoms. The molecule has 0 amide bonds. The minimum atomic E-state index is -1.20. The van der Waals surface area contributed by atoms with Crippen molar-refractivity contribution in [3.8, 4) is 0 Å². The van der Waals surface area contributed by atoms with Gasteiger partial charge >= 0.3 is 0 Å². The molecule has 96 valence electrons. The lowest BCUT2D eigenvalue weighted by atomic mass is 10.0. The van der Waals surface area contributed by atoms with Gasteiger partial charge in [-0.25, -0.2) is 4.39 Å². The molecular formula is C11H15ClFNO3. The fraction of sp³-hybridized carbons (Fsp3) is 0.455. The third-order valence-corrected chi connectivity index (χ3v) is 2.94. The molecule has 6 heteroatoms. The molecular weight excluding hydrogens is 249 g/mol. The molecule has 0 aliphatic rings. The van der Waals surface area contributed by atoms with E-state index in [1.165, 1.54) is 18.2 Å². The summed E-state index contributed by atoms with van der Waals surface area (Å²) in [5.74, 6) is -0.422. The Labute approximate surface area is 104 Å². The fourth-order valence-corrected chi connectivity index (χ4v) is 1.46. The molecule has 0 radical (unpaired) electrons. The first-order chi connectivity index (χ1) is 8.06. The summed E-state index contributed by atoms with van der Waals surface area (Å²) in [5.41, 5.74) is -0.707. The van der Waals surface area contributed by atoms with E-state index in [-0.39, 0.29) is 6.54 Å². The molecule has 1 aromatic carbocycles. The van der Waals surface area contributed by atoms with Gasteiger partial charge in [0.05, 0.1) is 25.4 Å². The molecule has 1 rings (SSSR count). The number of halogens is 2. The summed E-state index contributed by atoms with van der Waals surface area (Å²) in [6.45, 7) is -1.18. The minimum Gasteiger partial charge on any atom is -0.394 e. The Morgan fingerprint density at radius 1 is 1.18 bits per heavy atom. The van der Waals surface area contributed by atoms with E-state index in [9.17, 15) is 4.39 Å². The van der Waals surface area contributed by atoms with E-state index in [0.717, 1.165) is 0 Å². The van der Waals surface area contributed by atoms with E-state index in [4.69, 9.17) is 26.9 Å². The maximum absolute atomic E-state index is 13.0. The van der Waals surface area contributed by atoms with Gasteiger partial charge in [0.1, 0.15) is 5.82 Å². The predicted molar refractivity (Wildman–Crippen MR) is 62.2 cm³/mol. The first-order valence-electron chi connectivity index (χ1n) is 5.08. The SMILES string of the molecule is OCC(CO)(CO)NCc1cc(F)ccc1Cl. The third kappa shape index (κ3) is 3.62. The van der Waals surface area contributed by atoms with Crippen LogP contribution < -0.4 is 5.32 Å². The number of benzene rings is 1. The number of rotatable bonds is 6. The van der Waals surface area contributed by atoms with E-state index >= 15 is 0 Å².